The third kappa shape index (κ3) is 2.11. The van der Waals surface area contributed by atoms with Crippen LogP contribution in [0.3, 0.4) is 0 Å². The molecule has 0 heterocycles. The highest BCUT2D eigenvalue weighted by molar-refractivity contribution is 5.71. The number of amides is 2. The first kappa shape index (κ1) is 9.32. The van der Waals surface area contributed by atoms with E-state index in [1.54, 1.807) is 0 Å². The zero-order valence-corrected chi connectivity index (χ0v) is 7.18. The van der Waals surface area contributed by atoms with Crippen molar-refractivity contribution in [3.63, 3.8) is 0 Å². The molecule has 0 aliphatic heterocycles. The van der Waals surface area contributed by atoms with Crippen molar-refractivity contribution < 1.29 is 9.90 Å². The predicted octanol–water partition coefficient (Wildman–Crippen LogP) is 0.207. The van der Waals surface area contributed by atoms with Crippen molar-refractivity contribution >= 4 is 6.03 Å². The molecule has 4 heteroatoms. The van der Waals surface area contributed by atoms with E-state index in [0.717, 1.165) is 25.7 Å². The van der Waals surface area contributed by atoms with Crippen molar-refractivity contribution in [1.82, 2.24) is 5.32 Å². The van der Waals surface area contributed by atoms with Crippen LogP contribution in [0.25, 0.3) is 0 Å². The largest absolute Gasteiger partial charge is 0.396 e. The molecule has 0 atom stereocenters. The Kier molecular flexibility index (Phi) is 2.92. The SMILES string of the molecule is NC(=O)NCC1(CO)CCCC1. The number of carbonyl (C=O) groups is 1. The summed E-state index contributed by atoms with van der Waals surface area (Å²) in [5, 5.41) is 11.7. The molecule has 0 saturated heterocycles. The highest BCUT2D eigenvalue weighted by Crippen LogP contribution is 2.36. The van der Waals surface area contributed by atoms with Crippen molar-refractivity contribution in [2.45, 2.75) is 25.7 Å². The van der Waals surface area contributed by atoms with Crippen LogP contribution < -0.4 is 11.1 Å². The second-order valence-corrected chi connectivity index (χ2v) is 3.58. The van der Waals surface area contributed by atoms with Crippen LogP contribution in [0.15, 0.2) is 0 Å². The molecule has 0 aromatic heterocycles. The summed E-state index contributed by atoms with van der Waals surface area (Å²) in [6.45, 7) is 0.659. The summed E-state index contributed by atoms with van der Waals surface area (Å²) in [6, 6.07) is -0.505. The van der Waals surface area contributed by atoms with Gasteiger partial charge in [0.1, 0.15) is 0 Å². The molecule has 0 spiro atoms. The Morgan fingerprint density at radius 1 is 1.50 bits per heavy atom. The maximum Gasteiger partial charge on any atom is 0.312 e. The fourth-order valence-corrected chi connectivity index (χ4v) is 1.79. The van der Waals surface area contributed by atoms with Gasteiger partial charge in [0.25, 0.3) is 0 Å². The Bertz CT molecular complexity index is 164. The standard InChI is InChI=1S/C8H16N2O2/c9-7(12)10-5-8(6-11)3-1-2-4-8/h11H,1-6H2,(H3,9,10,12). The molecule has 12 heavy (non-hydrogen) atoms. The van der Waals surface area contributed by atoms with Gasteiger partial charge in [0.15, 0.2) is 0 Å². The summed E-state index contributed by atoms with van der Waals surface area (Å²) >= 11 is 0. The van der Waals surface area contributed by atoms with Gasteiger partial charge in [-0.3, -0.25) is 0 Å². The van der Waals surface area contributed by atoms with E-state index in [1.807, 2.05) is 0 Å². The smallest absolute Gasteiger partial charge is 0.312 e. The minimum absolute atomic E-state index is 0.0883. The Labute approximate surface area is 72.1 Å². The molecular weight excluding hydrogens is 156 g/mol. The first-order valence-electron chi connectivity index (χ1n) is 4.33. The molecule has 1 aliphatic carbocycles. The molecule has 0 radical (unpaired) electrons. The lowest BCUT2D eigenvalue weighted by atomic mass is 9.87. The van der Waals surface area contributed by atoms with Crippen LogP contribution >= 0.6 is 0 Å². The van der Waals surface area contributed by atoms with Crippen LogP contribution in [0.5, 0.6) is 0 Å². The zero-order chi connectivity index (χ0) is 9.03. The monoisotopic (exact) mass is 172 g/mol. The second kappa shape index (κ2) is 3.76. The lowest BCUT2D eigenvalue weighted by molar-refractivity contribution is 0.130. The third-order valence-corrected chi connectivity index (χ3v) is 2.64. The van der Waals surface area contributed by atoms with E-state index < -0.39 is 6.03 Å². The van der Waals surface area contributed by atoms with E-state index in [2.05, 4.69) is 5.32 Å². The molecule has 1 saturated carbocycles. The van der Waals surface area contributed by atoms with Gasteiger partial charge in [-0.05, 0) is 12.8 Å². The molecule has 70 valence electrons. The van der Waals surface area contributed by atoms with E-state index in [-0.39, 0.29) is 12.0 Å². The summed E-state index contributed by atoms with van der Waals surface area (Å²) in [7, 11) is 0. The van der Waals surface area contributed by atoms with Crippen molar-refractivity contribution in [2.24, 2.45) is 11.1 Å². The van der Waals surface area contributed by atoms with Crippen LogP contribution in [0.4, 0.5) is 4.79 Å². The van der Waals surface area contributed by atoms with Gasteiger partial charge in [-0.2, -0.15) is 0 Å². The average Bonchev–Trinajstić information content (AvgIpc) is 2.50. The summed E-state index contributed by atoms with van der Waals surface area (Å²) in [5.74, 6) is 0. The molecule has 1 fully saturated rings. The Balaban J connectivity index is 2.39. The highest BCUT2D eigenvalue weighted by Gasteiger charge is 2.33. The predicted molar refractivity (Wildman–Crippen MR) is 45.6 cm³/mol. The number of nitrogens with two attached hydrogens (primary N) is 1. The summed E-state index contributed by atoms with van der Waals surface area (Å²) in [4.78, 5) is 10.4. The summed E-state index contributed by atoms with van der Waals surface area (Å²) in [5.41, 5.74) is 4.86. The van der Waals surface area contributed by atoms with Crippen LogP contribution in [-0.2, 0) is 0 Å². The molecule has 1 rings (SSSR count). The van der Waals surface area contributed by atoms with Gasteiger partial charge in [0, 0.05) is 12.0 Å². The first-order chi connectivity index (χ1) is 5.68. The first-order valence-corrected chi connectivity index (χ1v) is 4.33. The maximum atomic E-state index is 10.4. The van der Waals surface area contributed by atoms with Gasteiger partial charge < -0.3 is 16.2 Å². The number of urea groups is 1. The third-order valence-electron chi connectivity index (χ3n) is 2.64. The Morgan fingerprint density at radius 2 is 2.08 bits per heavy atom. The van der Waals surface area contributed by atoms with Crippen LogP contribution in [-0.4, -0.2) is 24.3 Å². The number of primary amides is 1. The number of carbonyl (C=O) groups excluding carboxylic acids is 1. The molecule has 0 unspecified atom stereocenters. The number of aliphatic hydroxyl groups is 1. The molecule has 4 nitrogen and oxygen atoms in total. The molecular formula is C8H16N2O2. The van der Waals surface area contributed by atoms with Crippen LogP contribution in [0.2, 0.25) is 0 Å². The van der Waals surface area contributed by atoms with E-state index >= 15 is 0 Å². The summed E-state index contributed by atoms with van der Waals surface area (Å²) < 4.78 is 0. The molecule has 0 aromatic carbocycles. The quantitative estimate of drug-likeness (QED) is 0.569. The lowest BCUT2D eigenvalue weighted by Crippen LogP contribution is -2.40. The van der Waals surface area contributed by atoms with Gasteiger partial charge in [-0.25, -0.2) is 4.79 Å². The van der Waals surface area contributed by atoms with Crippen LogP contribution in [0, 0.1) is 5.41 Å². The van der Waals surface area contributed by atoms with Gasteiger partial charge in [-0.15, -0.1) is 0 Å². The molecule has 1 aliphatic rings. The van der Waals surface area contributed by atoms with Crippen molar-refractivity contribution in [3.05, 3.63) is 0 Å². The van der Waals surface area contributed by atoms with E-state index in [4.69, 9.17) is 10.8 Å². The van der Waals surface area contributed by atoms with Gasteiger partial charge >= 0.3 is 6.03 Å². The minimum atomic E-state index is -0.505. The van der Waals surface area contributed by atoms with E-state index in [1.165, 1.54) is 0 Å². The zero-order valence-electron chi connectivity index (χ0n) is 7.18. The number of aliphatic hydroxyl groups excluding tert-OH is 1. The van der Waals surface area contributed by atoms with Gasteiger partial charge in [0.2, 0.25) is 0 Å². The van der Waals surface area contributed by atoms with E-state index in [9.17, 15) is 4.79 Å². The topological polar surface area (TPSA) is 75.4 Å². The average molecular weight is 172 g/mol. The Morgan fingerprint density at radius 3 is 2.50 bits per heavy atom. The van der Waals surface area contributed by atoms with E-state index in [0.29, 0.717) is 6.54 Å². The van der Waals surface area contributed by atoms with Crippen LogP contribution in [0.1, 0.15) is 25.7 Å². The molecule has 4 N–H and O–H groups in total. The Hall–Kier alpha value is -0.770. The number of hydrogen-bond acceptors (Lipinski definition) is 2. The fourth-order valence-electron chi connectivity index (χ4n) is 1.79. The van der Waals surface area contributed by atoms with Gasteiger partial charge in [0.05, 0.1) is 6.61 Å². The fraction of sp³-hybridized carbons (Fsp3) is 0.875. The molecule has 2 amide bonds. The van der Waals surface area contributed by atoms with Crippen molar-refractivity contribution in [1.29, 1.82) is 0 Å². The minimum Gasteiger partial charge on any atom is -0.396 e. The summed E-state index contributed by atoms with van der Waals surface area (Å²) in [6.07, 6.45) is 4.26. The highest BCUT2D eigenvalue weighted by atomic mass is 16.3. The second-order valence-electron chi connectivity index (χ2n) is 3.58. The van der Waals surface area contributed by atoms with Crippen molar-refractivity contribution in [2.75, 3.05) is 13.2 Å². The number of hydrogen-bond donors (Lipinski definition) is 3. The number of nitrogens with one attached hydrogen (secondary N) is 1. The molecule has 0 aromatic rings. The number of rotatable bonds is 3. The molecule has 0 bridgehead atoms. The normalized spacial score (nSPS) is 20.8. The lowest BCUT2D eigenvalue weighted by Gasteiger charge is -2.25. The van der Waals surface area contributed by atoms with Gasteiger partial charge in [-0.1, -0.05) is 12.8 Å². The van der Waals surface area contributed by atoms with Crippen molar-refractivity contribution in [3.8, 4) is 0 Å². The maximum absolute atomic E-state index is 10.4.